The number of nitrogens with one attached hydrogen (secondary N) is 1. The molecular weight excluding hydrogens is 178 g/mol. The van der Waals surface area contributed by atoms with Crippen LogP contribution in [0.3, 0.4) is 0 Å². The quantitative estimate of drug-likeness (QED) is 0.712. The maximum Gasteiger partial charge on any atom is 0.320 e. The van der Waals surface area contributed by atoms with E-state index < -0.39 is 0 Å². The Morgan fingerprint density at radius 2 is 2.14 bits per heavy atom. The maximum atomic E-state index is 12.0. The van der Waals surface area contributed by atoms with Crippen LogP contribution in [0.4, 0.5) is 4.79 Å². The Bertz CT molecular complexity index is 192. The van der Waals surface area contributed by atoms with Gasteiger partial charge in [0.1, 0.15) is 0 Å². The molecule has 0 aromatic carbocycles. The molecule has 1 fully saturated rings. The lowest BCUT2D eigenvalue weighted by molar-refractivity contribution is 0.129. The van der Waals surface area contributed by atoms with Gasteiger partial charge in [-0.25, -0.2) is 4.79 Å². The monoisotopic (exact) mass is 199 g/mol. The number of rotatable bonds is 2. The molecule has 0 aromatic rings. The Balaban J connectivity index is 2.57. The van der Waals surface area contributed by atoms with Crippen LogP contribution >= 0.6 is 0 Å². The Labute approximate surface area is 86.2 Å². The minimum atomic E-state index is 0.184. The second-order valence-electron chi connectivity index (χ2n) is 3.70. The lowest BCUT2D eigenvalue weighted by Gasteiger charge is -2.37. The van der Waals surface area contributed by atoms with Crippen molar-refractivity contribution in [3.63, 3.8) is 0 Å². The number of urea groups is 1. The zero-order chi connectivity index (χ0) is 10.6. The summed E-state index contributed by atoms with van der Waals surface area (Å²) in [5.74, 6) is 0. The van der Waals surface area contributed by atoms with Gasteiger partial charge < -0.3 is 15.1 Å². The molecule has 1 aliphatic heterocycles. The zero-order valence-electron chi connectivity index (χ0n) is 9.42. The molecule has 0 aromatic heterocycles. The van der Waals surface area contributed by atoms with Gasteiger partial charge in [0.25, 0.3) is 0 Å². The normalized spacial score (nSPS) is 22.2. The summed E-state index contributed by atoms with van der Waals surface area (Å²) in [6.07, 6.45) is 0. The average molecular weight is 199 g/mol. The van der Waals surface area contributed by atoms with E-state index in [1.54, 1.807) is 0 Å². The topological polar surface area (TPSA) is 35.6 Å². The largest absolute Gasteiger partial charge is 0.325 e. The van der Waals surface area contributed by atoms with E-state index in [0.717, 1.165) is 32.7 Å². The van der Waals surface area contributed by atoms with Gasteiger partial charge >= 0.3 is 6.03 Å². The fourth-order valence-corrected chi connectivity index (χ4v) is 1.80. The van der Waals surface area contributed by atoms with E-state index in [1.807, 2.05) is 23.6 Å². The van der Waals surface area contributed by atoms with E-state index in [2.05, 4.69) is 12.2 Å². The second kappa shape index (κ2) is 5.20. The summed E-state index contributed by atoms with van der Waals surface area (Å²) in [5, 5.41) is 3.28. The number of carbonyl (C=O) groups excluding carboxylic acids is 1. The molecule has 0 bridgehead atoms. The van der Waals surface area contributed by atoms with Gasteiger partial charge in [-0.15, -0.1) is 0 Å². The van der Waals surface area contributed by atoms with Gasteiger partial charge in [-0.2, -0.15) is 0 Å². The van der Waals surface area contributed by atoms with Gasteiger partial charge in [0.2, 0.25) is 0 Å². The van der Waals surface area contributed by atoms with E-state index in [1.165, 1.54) is 0 Å². The van der Waals surface area contributed by atoms with E-state index in [4.69, 9.17) is 0 Å². The third-order valence-electron chi connectivity index (χ3n) is 2.78. The van der Waals surface area contributed by atoms with Gasteiger partial charge in [-0.05, 0) is 20.8 Å². The minimum absolute atomic E-state index is 0.184. The molecule has 1 saturated heterocycles. The summed E-state index contributed by atoms with van der Waals surface area (Å²) in [6, 6.07) is 0.501. The fraction of sp³-hybridized carbons (Fsp3) is 0.900. The van der Waals surface area contributed by atoms with Gasteiger partial charge in [-0.1, -0.05) is 0 Å². The number of hydrogen-bond acceptors (Lipinski definition) is 2. The zero-order valence-corrected chi connectivity index (χ0v) is 9.42. The number of carbonyl (C=O) groups is 1. The van der Waals surface area contributed by atoms with Gasteiger partial charge in [-0.3, -0.25) is 0 Å². The van der Waals surface area contributed by atoms with Crippen LogP contribution in [0.15, 0.2) is 0 Å². The molecule has 1 aliphatic rings. The smallest absolute Gasteiger partial charge is 0.320 e. The summed E-state index contributed by atoms with van der Waals surface area (Å²) in [7, 11) is 0. The number of hydrogen-bond donors (Lipinski definition) is 1. The maximum absolute atomic E-state index is 12.0. The summed E-state index contributed by atoms with van der Waals surface area (Å²) in [4.78, 5) is 15.8. The lowest BCUT2D eigenvalue weighted by atomic mass is 10.2. The summed E-state index contributed by atoms with van der Waals surface area (Å²) in [5.41, 5.74) is 0. The molecule has 0 saturated carbocycles. The van der Waals surface area contributed by atoms with Crippen LogP contribution < -0.4 is 5.32 Å². The van der Waals surface area contributed by atoms with Crippen molar-refractivity contribution in [3.8, 4) is 0 Å². The summed E-state index contributed by atoms with van der Waals surface area (Å²) in [6.45, 7) is 10.4. The van der Waals surface area contributed by atoms with Gasteiger partial charge in [0, 0.05) is 38.8 Å². The minimum Gasteiger partial charge on any atom is -0.325 e. The van der Waals surface area contributed by atoms with Crippen molar-refractivity contribution in [1.82, 2.24) is 15.1 Å². The summed E-state index contributed by atoms with van der Waals surface area (Å²) >= 11 is 0. The molecule has 2 amide bonds. The van der Waals surface area contributed by atoms with Crippen molar-refractivity contribution in [2.45, 2.75) is 26.8 Å². The molecule has 1 N–H and O–H groups in total. The Kier molecular flexibility index (Phi) is 4.20. The molecule has 1 rings (SSSR count). The van der Waals surface area contributed by atoms with Crippen molar-refractivity contribution in [3.05, 3.63) is 0 Å². The molecule has 1 atom stereocenters. The first-order chi connectivity index (χ1) is 6.70. The molecule has 4 heteroatoms. The lowest BCUT2D eigenvalue weighted by Crippen LogP contribution is -2.56. The highest BCUT2D eigenvalue weighted by Gasteiger charge is 2.25. The van der Waals surface area contributed by atoms with Crippen LogP contribution in [-0.2, 0) is 0 Å². The molecule has 0 spiro atoms. The van der Waals surface area contributed by atoms with Crippen molar-refractivity contribution in [2.75, 3.05) is 32.7 Å². The van der Waals surface area contributed by atoms with Crippen LogP contribution in [0.2, 0.25) is 0 Å². The molecule has 4 nitrogen and oxygen atoms in total. The third-order valence-corrected chi connectivity index (χ3v) is 2.78. The highest BCUT2D eigenvalue weighted by atomic mass is 16.2. The molecular formula is C10H21N3O. The Morgan fingerprint density at radius 3 is 2.64 bits per heavy atom. The van der Waals surface area contributed by atoms with Crippen molar-refractivity contribution in [2.24, 2.45) is 0 Å². The van der Waals surface area contributed by atoms with Crippen LogP contribution in [0.5, 0.6) is 0 Å². The average Bonchev–Trinajstić information content (AvgIpc) is 2.20. The van der Waals surface area contributed by atoms with E-state index in [9.17, 15) is 4.79 Å². The van der Waals surface area contributed by atoms with E-state index >= 15 is 0 Å². The van der Waals surface area contributed by atoms with Crippen LogP contribution in [-0.4, -0.2) is 54.6 Å². The first-order valence-electron chi connectivity index (χ1n) is 5.47. The SMILES string of the molecule is CCN(CC)C(=O)N1CCNC[C@H]1C. The Hall–Kier alpha value is -0.770. The molecule has 0 radical (unpaired) electrons. The number of piperazine rings is 1. The van der Waals surface area contributed by atoms with Gasteiger partial charge in [0.15, 0.2) is 0 Å². The summed E-state index contributed by atoms with van der Waals surface area (Å²) < 4.78 is 0. The standard InChI is InChI=1S/C10H21N3O/c1-4-12(5-2)10(14)13-7-6-11-8-9(13)3/h9,11H,4-8H2,1-3H3/t9-/m1/s1. The molecule has 0 unspecified atom stereocenters. The van der Waals surface area contributed by atoms with E-state index in [0.29, 0.717) is 6.04 Å². The third kappa shape index (κ3) is 2.38. The molecule has 0 aliphatic carbocycles. The molecule has 82 valence electrons. The van der Waals surface area contributed by atoms with Crippen LogP contribution in [0.1, 0.15) is 20.8 Å². The van der Waals surface area contributed by atoms with Crippen molar-refractivity contribution < 1.29 is 4.79 Å². The van der Waals surface area contributed by atoms with Crippen LogP contribution in [0, 0.1) is 0 Å². The Morgan fingerprint density at radius 1 is 1.50 bits per heavy atom. The van der Waals surface area contributed by atoms with Crippen LogP contribution in [0.25, 0.3) is 0 Å². The number of nitrogens with zero attached hydrogens (tertiary/aromatic N) is 2. The first kappa shape index (κ1) is 11.3. The predicted octanol–water partition coefficient (Wildman–Crippen LogP) is 0.742. The van der Waals surface area contributed by atoms with Crippen molar-refractivity contribution in [1.29, 1.82) is 0 Å². The molecule has 14 heavy (non-hydrogen) atoms. The first-order valence-corrected chi connectivity index (χ1v) is 5.47. The van der Waals surface area contributed by atoms with E-state index in [-0.39, 0.29) is 6.03 Å². The van der Waals surface area contributed by atoms with Crippen molar-refractivity contribution >= 4 is 6.03 Å². The number of amides is 2. The highest BCUT2D eigenvalue weighted by Crippen LogP contribution is 2.06. The highest BCUT2D eigenvalue weighted by molar-refractivity contribution is 5.74. The second-order valence-corrected chi connectivity index (χ2v) is 3.70. The fourth-order valence-electron chi connectivity index (χ4n) is 1.80. The molecule has 1 heterocycles. The predicted molar refractivity (Wildman–Crippen MR) is 57.4 cm³/mol. The van der Waals surface area contributed by atoms with Gasteiger partial charge in [0.05, 0.1) is 0 Å².